The van der Waals surface area contributed by atoms with Crippen LogP contribution in [0.2, 0.25) is 0 Å². The molecule has 2 fully saturated rings. The Morgan fingerprint density at radius 3 is 2.41 bits per heavy atom. The number of nitrogens with two attached hydrogens (primary N) is 1. The number of hydrogen-bond acceptors (Lipinski definition) is 2. The summed E-state index contributed by atoms with van der Waals surface area (Å²) in [4.78, 5) is 2.15. The molecule has 0 atom stereocenters. The lowest BCUT2D eigenvalue weighted by molar-refractivity contribution is 0.555. The van der Waals surface area contributed by atoms with Crippen LogP contribution in [0.3, 0.4) is 0 Å². The number of halogens is 1. The van der Waals surface area contributed by atoms with E-state index in [0.717, 1.165) is 37.2 Å². The van der Waals surface area contributed by atoms with E-state index in [9.17, 15) is 4.39 Å². The first-order valence-corrected chi connectivity index (χ1v) is 6.53. The molecular weight excluding hydrogens is 215 g/mol. The van der Waals surface area contributed by atoms with Gasteiger partial charge in [0.15, 0.2) is 0 Å². The summed E-state index contributed by atoms with van der Waals surface area (Å²) in [6, 6.07) is 5.54. The summed E-state index contributed by atoms with van der Waals surface area (Å²) < 4.78 is 14.1. The zero-order valence-electron chi connectivity index (χ0n) is 10.1. The fraction of sp³-hybridized carbons (Fsp3) is 0.571. The lowest BCUT2D eigenvalue weighted by atomic mass is 10.0. The van der Waals surface area contributed by atoms with Crippen molar-refractivity contribution in [3.05, 3.63) is 29.6 Å². The first-order chi connectivity index (χ1) is 8.19. The van der Waals surface area contributed by atoms with Gasteiger partial charge in [0.05, 0.1) is 5.69 Å². The normalized spacial score (nSPS) is 22.6. The summed E-state index contributed by atoms with van der Waals surface area (Å²) in [5.74, 6) is -0.110. The smallest absolute Gasteiger partial charge is 0.146 e. The second-order valence-electron chi connectivity index (χ2n) is 5.37. The summed E-state index contributed by atoms with van der Waals surface area (Å²) in [7, 11) is 0. The van der Waals surface area contributed by atoms with Crippen molar-refractivity contribution >= 4 is 5.69 Å². The molecule has 0 aromatic heterocycles. The van der Waals surface area contributed by atoms with Crippen LogP contribution in [0.25, 0.3) is 0 Å². The lowest BCUT2D eigenvalue weighted by Gasteiger charge is -2.29. The molecule has 1 saturated heterocycles. The van der Waals surface area contributed by atoms with Gasteiger partial charge in [-0.1, -0.05) is 6.07 Å². The molecule has 1 saturated carbocycles. The highest BCUT2D eigenvalue weighted by Gasteiger charge is 2.40. The quantitative estimate of drug-likeness (QED) is 0.852. The SMILES string of the molecule is NC1(c2ccc(N3CCCCC3)c(F)c2)CC1. The third kappa shape index (κ3) is 2.04. The predicted molar refractivity (Wildman–Crippen MR) is 67.6 cm³/mol. The van der Waals surface area contributed by atoms with E-state index in [0.29, 0.717) is 0 Å². The second-order valence-corrected chi connectivity index (χ2v) is 5.37. The molecule has 2 nitrogen and oxygen atoms in total. The Bertz CT molecular complexity index is 420. The third-order valence-electron chi connectivity index (χ3n) is 4.01. The fourth-order valence-corrected chi connectivity index (χ4v) is 2.63. The molecule has 1 aromatic carbocycles. The molecular formula is C14H19FN2. The van der Waals surface area contributed by atoms with Gasteiger partial charge < -0.3 is 10.6 Å². The first kappa shape index (κ1) is 11.0. The van der Waals surface area contributed by atoms with Crippen LogP contribution in [-0.2, 0) is 5.54 Å². The van der Waals surface area contributed by atoms with Gasteiger partial charge in [-0.15, -0.1) is 0 Å². The van der Waals surface area contributed by atoms with Crippen LogP contribution >= 0.6 is 0 Å². The van der Waals surface area contributed by atoms with E-state index in [1.54, 1.807) is 6.07 Å². The summed E-state index contributed by atoms with van der Waals surface area (Å²) in [5, 5.41) is 0. The van der Waals surface area contributed by atoms with Gasteiger partial charge in [0.2, 0.25) is 0 Å². The molecule has 0 unspecified atom stereocenters. The highest BCUT2D eigenvalue weighted by molar-refractivity contribution is 5.51. The molecule has 0 radical (unpaired) electrons. The monoisotopic (exact) mass is 234 g/mol. The van der Waals surface area contributed by atoms with E-state index in [1.807, 2.05) is 12.1 Å². The molecule has 0 spiro atoms. The van der Waals surface area contributed by atoms with Crippen LogP contribution in [0.4, 0.5) is 10.1 Å². The number of piperidine rings is 1. The van der Waals surface area contributed by atoms with Crippen LogP contribution in [0.5, 0.6) is 0 Å². The summed E-state index contributed by atoms with van der Waals surface area (Å²) in [6.45, 7) is 1.95. The standard InChI is InChI=1S/C14H19FN2/c15-12-10-11(14(16)6-7-14)4-5-13(12)17-8-2-1-3-9-17/h4-5,10H,1-3,6-9,16H2. The van der Waals surface area contributed by atoms with Crippen molar-refractivity contribution in [3.8, 4) is 0 Å². The van der Waals surface area contributed by atoms with Gasteiger partial charge in [-0.25, -0.2) is 4.39 Å². The Hall–Kier alpha value is -1.09. The van der Waals surface area contributed by atoms with Crippen molar-refractivity contribution in [1.82, 2.24) is 0 Å². The Balaban J connectivity index is 1.85. The average molecular weight is 234 g/mol. The maximum Gasteiger partial charge on any atom is 0.146 e. The predicted octanol–water partition coefficient (Wildman–Crippen LogP) is 2.76. The van der Waals surface area contributed by atoms with Gasteiger partial charge in [-0.2, -0.15) is 0 Å². The molecule has 3 heteroatoms. The summed E-state index contributed by atoms with van der Waals surface area (Å²) in [5.41, 5.74) is 7.55. The Kier molecular flexibility index (Phi) is 2.58. The van der Waals surface area contributed by atoms with Crippen LogP contribution in [0.15, 0.2) is 18.2 Å². The van der Waals surface area contributed by atoms with Crippen molar-refractivity contribution in [2.24, 2.45) is 5.73 Å². The van der Waals surface area contributed by atoms with E-state index in [-0.39, 0.29) is 11.4 Å². The Morgan fingerprint density at radius 2 is 1.82 bits per heavy atom. The van der Waals surface area contributed by atoms with Crippen LogP contribution in [0, 0.1) is 5.82 Å². The first-order valence-electron chi connectivity index (χ1n) is 6.53. The molecule has 1 heterocycles. The zero-order chi connectivity index (χ0) is 11.9. The highest BCUT2D eigenvalue weighted by atomic mass is 19.1. The summed E-state index contributed by atoms with van der Waals surface area (Å²) >= 11 is 0. The third-order valence-corrected chi connectivity index (χ3v) is 4.01. The molecule has 1 aliphatic heterocycles. The topological polar surface area (TPSA) is 29.3 Å². The molecule has 1 aromatic rings. The van der Waals surface area contributed by atoms with E-state index in [1.165, 1.54) is 19.3 Å². The van der Waals surface area contributed by atoms with Crippen molar-refractivity contribution in [2.45, 2.75) is 37.6 Å². The van der Waals surface area contributed by atoms with Gasteiger partial charge in [0, 0.05) is 18.6 Å². The van der Waals surface area contributed by atoms with Crippen molar-refractivity contribution in [1.29, 1.82) is 0 Å². The Labute approximate surface area is 102 Å². The van der Waals surface area contributed by atoms with E-state index in [2.05, 4.69) is 4.90 Å². The lowest BCUT2D eigenvalue weighted by Crippen LogP contribution is -2.30. The number of rotatable bonds is 2. The van der Waals surface area contributed by atoms with Gasteiger partial charge >= 0.3 is 0 Å². The molecule has 2 aliphatic rings. The fourth-order valence-electron chi connectivity index (χ4n) is 2.63. The molecule has 17 heavy (non-hydrogen) atoms. The van der Waals surface area contributed by atoms with E-state index >= 15 is 0 Å². The molecule has 0 amide bonds. The second kappa shape index (κ2) is 3.98. The molecule has 2 N–H and O–H groups in total. The van der Waals surface area contributed by atoms with Gasteiger partial charge in [0.1, 0.15) is 5.82 Å². The minimum atomic E-state index is -0.235. The largest absolute Gasteiger partial charge is 0.369 e. The van der Waals surface area contributed by atoms with Crippen molar-refractivity contribution in [2.75, 3.05) is 18.0 Å². The summed E-state index contributed by atoms with van der Waals surface area (Å²) in [6.07, 6.45) is 5.57. The van der Waals surface area contributed by atoms with E-state index < -0.39 is 0 Å². The molecule has 92 valence electrons. The number of benzene rings is 1. The van der Waals surface area contributed by atoms with Gasteiger partial charge in [-0.05, 0) is 49.8 Å². The van der Waals surface area contributed by atoms with Crippen molar-refractivity contribution < 1.29 is 4.39 Å². The highest BCUT2D eigenvalue weighted by Crippen LogP contribution is 2.43. The maximum absolute atomic E-state index is 14.1. The maximum atomic E-state index is 14.1. The van der Waals surface area contributed by atoms with Gasteiger partial charge in [-0.3, -0.25) is 0 Å². The average Bonchev–Trinajstić information content (AvgIpc) is 3.10. The van der Waals surface area contributed by atoms with Gasteiger partial charge in [0.25, 0.3) is 0 Å². The minimum Gasteiger partial charge on any atom is -0.369 e. The Morgan fingerprint density at radius 1 is 1.12 bits per heavy atom. The van der Waals surface area contributed by atoms with Crippen LogP contribution in [-0.4, -0.2) is 13.1 Å². The minimum absolute atomic E-state index is 0.110. The number of nitrogens with zero attached hydrogens (tertiary/aromatic N) is 1. The number of hydrogen-bond donors (Lipinski definition) is 1. The van der Waals surface area contributed by atoms with E-state index in [4.69, 9.17) is 5.73 Å². The molecule has 0 bridgehead atoms. The number of anilines is 1. The molecule has 1 aliphatic carbocycles. The van der Waals surface area contributed by atoms with Crippen LogP contribution in [0.1, 0.15) is 37.7 Å². The van der Waals surface area contributed by atoms with Crippen molar-refractivity contribution in [3.63, 3.8) is 0 Å². The van der Waals surface area contributed by atoms with Crippen LogP contribution < -0.4 is 10.6 Å². The molecule has 3 rings (SSSR count). The zero-order valence-corrected chi connectivity index (χ0v) is 10.1.